The third-order valence-electron chi connectivity index (χ3n) is 2.34. The number of methoxy groups -OCH3 is 1. The van der Waals surface area contributed by atoms with Crippen molar-refractivity contribution >= 4 is 5.78 Å². The van der Waals surface area contributed by atoms with E-state index < -0.39 is 11.6 Å². The molecule has 0 spiro atoms. The summed E-state index contributed by atoms with van der Waals surface area (Å²) in [6.07, 6.45) is -0.120. The Morgan fingerprint density at radius 3 is 2.89 bits per heavy atom. The molecule has 94 valence electrons. The summed E-state index contributed by atoms with van der Waals surface area (Å²) in [7, 11) is 2.97. The SMILES string of the molecule is COc1cccc(F)c1C(=O)Cc1nnn(C)n1. The molecule has 0 aliphatic heterocycles. The van der Waals surface area contributed by atoms with Crippen LogP contribution in [0.2, 0.25) is 0 Å². The summed E-state index contributed by atoms with van der Waals surface area (Å²) >= 11 is 0. The van der Waals surface area contributed by atoms with E-state index in [1.807, 2.05) is 0 Å². The fourth-order valence-electron chi connectivity index (χ4n) is 1.57. The Morgan fingerprint density at radius 2 is 2.28 bits per heavy atom. The van der Waals surface area contributed by atoms with Gasteiger partial charge in [0.15, 0.2) is 11.6 Å². The van der Waals surface area contributed by atoms with Gasteiger partial charge in [-0.1, -0.05) is 6.07 Å². The molecule has 6 nitrogen and oxygen atoms in total. The standard InChI is InChI=1S/C11H11FN4O2/c1-16-14-10(13-15-16)6-8(17)11-7(12)4-3-5-9(11)18-2/h3-5H,6H2,1-2H3. The number of nitrogens with zero attached hydrogens (tertiary/aromatic N) is 4. The first-order valence-corrected chi connectivity index (χ1v) is 5.20. The van der Waals surface area contributed by atoms with Gasteiger partial charge in [0.1, 0.15) is 11.6 Å². The number of carbonyl (C=O) groups excluding carboxylic acids is 1. The van der Waals surface area contributed by atoms with Gasteiger partial charge in [-0.25, -0.2) is 4.39 Å². The number of tetrazole rings is 1. The molecule has 0 saturated heterocycles. The van der Waals surface area contributed by atoms with Gasteiger partial charge in [0.2, 0.25) is 0 Å². The number of carbonyl (C=O) groups is 1. The van der Waals surface area contributed by atoms with E-state index in [1.54, 1.807) is 7.05 Å². The van der Waals surface area contributed by atoms with Crippen molar-refractivity contribution in [1.29, 1.82) is 0 Å². The first kappa shape index (κ1) is 12.2. The molecule has 0 aliphatic carbocycles. The third-order valence-corrected chi connectivity index (χ3v) is 2.34. The quantitative estimate of drug-likeness (QED) is 0.750. The Hall–Kier alpha value is -2.31. The van der Waals surface area contributed by atoms with Crippen LogP contribution in [0.1, 0.15) is 16.2 Å². The number of aromatic nitrogens is 4. The van der Waals surface area contributed by atoms with Gasteiger partial charge < -0.3 is 4.74 Å². The minimum atomic E-state index is -0.622. The lowest BCUT2D eigenvalue weighted by Gasteiger charge is -2.07. The molecule has 0 N–H and O–H groups in total. The number of aryl methyl sites for hydroxylation is 1. The molecule has 7 heteroatoms. The van der Waals surface area contributed by atoms with Crippen LogP contribution in [0.15, 0.2) is 18.2 Å². The summed E-state index contributed by atoms with van der Waals surface area (Å²) in [6.45, 7) is 0. The number of ketones is 1. The Kier molecular flexibility index (Phi) is 3.31. The number of Topliss-reactive ketones (excluding diaryl/α,β-unsaturated/α-hetero) is 1. The number of ether oxygens (including phenoxy) is 1. The number of halogens is 1. The van der Waals surface area contributed by atoms with E-state index in [0.717, 1.165) is 0 Å². The van der Waals surface area contributed by atoms with Crippen LogP contribution in [0.5, 0.6) is 5.75 Å². The molecule has 0 aliphatic rings. The van der Waals surface area contributed by atoms with Crippen LogP contribution >= 0.6 is 0 Å². The molecule has 0 fully saturated rings. The van der Waals surface area contributed by atoms with Gasteiger partial charge in [-0.15, -0.1) is 10.2 Å². The molecular weight excluding hydrogens is 239 g/mol. The summed E-state index contributed by atoms with van der Waals surface area (Å²) in [6, 6.07) is 4.21. The number of hydrogen-bond acceptors (Lipinski definition) is 5. The molecule has 0 unspecified atom stereocenters. The van der Waals surface area contributed by atoms with Crippen molar-refractivity contribution in [2.75, 3.05) is 7.11 Å². The molecule has 1 aromatic heterocycles. The third kappa shape index (κ3) is 2.34. The molecule has 0 atom stereocenters. The second-order valence-corrected chi connectivity index (χ2v) is 3.61. The monoisotopic (exact) mass is 250 g/mol. The summed E-state index contributed by atoms with van der Waals surface area (Å²) in [5.41, 5.74) is -0.0903. The maximum Gasteiger partial charge on any atom is 0.182 e. The number of hydrogen-bond donors (Lipinski definition) is 0. The molecule has 1 heterocycles. The first-order chi connectivity index (χ1) is 8.61. The Labute approximate surface area is 102 Å². The minimum Gasteiger partial charge on any atom is -0.496 e. The zero-order valence-corrected chi connectivity index (χ0v) is 9.92. The van der Waals surface area contributed by atoms with Crippen molar-refractivity contribution in [3.63, 3.8) is 0 Å². The maximum atomic E-state index is 13.6. The van der Waals surface area contributed by atoms with Gasteiger partial charge in [-0.05, 0) is 17.3 Å². The van der Waals surface area contributed by atoms with E-state index in [4.69, 9.17) is 4.74 Å². The lowest BCUT2D eigenvalue weighted by molar-refractivity contribution is 0.0983. The van der Waals surface area contributed by atoms with Crippen molar-refractivity contribution in [1.82, 2.24) is 20.2 Å². The number of rotatable bonds is 4. The zero-order chi connectivity index (χ0) is 13.1. The smallest absolute Gasteiger partial charge is 0.182 e. The molecular formula is C11H11FN4O2. The molecule has 2 aromatic rings. The lowest BCUT2D eigenvalue weighted by Crippen LogP contribution is -2.09. The van der Waals surface area contributed by atoms with E-state index in [2.05, 4.69) is 15.4 Å². The van der Waals surface area contributed by atoms with Crippen LogP contribution in [0.3, 0.4) is 0 Å². The highest BCUT2D eigenvalue weighted by Gasteiger charge is 2.19. The minimum absolute atomic E-state index is 0.0903. The van der Waals surface area contributed by atoms with Crippen LogP contribution in [-0.4, -0.2) is 33.1 Å². The summed E-state index contributed by atoms with van der Waals surface area (Å²) in [5.74, 6) is -0.627. The van der Waals surface area contributed by atoms with Crippen LogP contribution in [-0.2, 0) is 13.5 Å². The predicted molar refractivity (Wildman–Crippen MR) is 59.8 cm³/mol. The first-order valence-electron chi connectivity index (χ1n) is 5.20. The zero-order valence-electron chi connectivity index (χ0n) is 9.92. The van der Waals surface area contributed by atoms with Crippen LogP contribution in [0.4, 0.5) is 4.39 Å². The van der Waals surface area contributed by atoms with E-state index >= 15 is 0 Å². The second-order valence-electron chi connectivity index (χ2n) is 3.61. The Morgan fingerprint density at radius 1 is 1.50 bits per heavy atom. The molecule has 1 aromatic carbocycles. The normalized spacial score (nSPS) is 10.4. The van der Waals surface area contributed by atoms with E-state index in [9.17, 15) is 9.18 Å². The summed E-state index contributed by atoms with van der Waals surface area (Å²) < 4.78 is 18.6. The second kappa shape index (κ2) is 4.91. The lowest BCUT2D eigenvalue weighted by atomic mass is 10.1. The average molecular weight is 250 g/mol. The van der Waals surface area contributed by atoms with Crippen molar-refractivity contribution in [3.8, 4) is 5.75 Å². The van der Waals surface area contributed by atoms with E-state index in [1.165, 1.54) is 30.1 Å². The van der Waals surface area contributed by atoms with Crippen molar-refractivity contribution in [2.45, 2.75) is 6.42 Å². The van der Waals surface area contributed by atoms with E-state index in [0.29, 0.717) is 0 Å². The summed E-state index contributed by atoms with van der Waals surface area (Å²) in [4.78, 5) is 13.2. The van der Waals surface area contributed by atoms with Gasteiger partial charge in [0.05, 0.1) is 26.1 Å². The van der Waals surface area contributed by atoms with Gasteiger partial charge in [-0.3, -0.25) is 4.79 Å². The van der Waals surface area contributed by atoms with Gasteiger partial charge in [0, 0.05) is 0 Å². The fraction of sp³-hybridized carbons (Fsp3) is 0.273. The van der Waals surface area contributed by atoms with Gasteiger partial charge in [0.25, 0.3) is 0 Å². The predicted octanol–water partition coefficient (Wildman–Crippen LogP) is 0.783. The van der Waals surface area contributed by atoms with Crippen molar-refractivity contribution in [3.05, 3.63) is 35.4 Å². The summed E-state index contributed by atoms with van der Waals surface area (Å²) in [5, 5.41) is 11.2. The van der Waals surface area contributed by atoms with Crippen LogP contribution < -0.4 is 4.74 Å². The van der Waals surface area contributed by atoms with Crippen LogP contribution in [0.25, 0.3) is 0 Å². The maximum absolute atomic E-state index is 13.6. The molecule has 0 radical (unpaired) electrons. The molecule has 0 saturated carbocycles. The van der Waals surface area contributed by atoms with Gasteiger partial charge in [-0.2, -0.15) is 4.80 Å². The molecule has 0 amide bonds. The number of benzene rings is 1. The van der Waals surface area contributed by atoms with Crippen molar-refractivity contribution in [2.24, 2.45) is 7.05 Å². The van der Waals surface area contributed by atoms with Gasteiger partial charge >= 0.3 is 0 Å². The molecule has 2 rings (SSSR count). The molecule has 0 bridgehead atoms. The Balaban J connectivity index is 2.28. The highest BCUT2D eigenvalue weighted by Crippen LogP contribution is 2.22. The highest BCUT2D eigenvalue weighted by atomic mass is 19.1. The topological polar surface area (TPSA) is 69.9 Å². The largest absolute Gasteiger partial charge is 0.496 e. The van der Waals surface area contributed by atoms with Crippen LogP contribution in [0, 0.1) is 5.82 Å². The Bertz CT molecular complexity index is 582. The average Bonchev–Trinajstić information content (AvgIpc) is 2.74. The van der Waals surface area contributed by atoms with Crippen molar-refractivity contribution < 1.29 is 13.9 Å². The highest BCUT2D eigenvalue weighted by molar-refractivity contribution is 5.99. The van der Waals surface area contributed by atoms with E-state index in [-0.39, 0.29) is 23.6 Å². The molecule has 18 heavy (non-hydrogen) atoms. The fourth-order valence-corrected chi connectivity index (χ4v) is 1.57.